The van der Waals surface area contributed by atoms with Crippen molar-refractivity contribution in [3.05, 3.63) is 30.3 Å². The van der Waals surface area contributed by atoms with Gasteiger partial charge in [0.25, 0.3) is 0 Å². The molecule has 1 aromatic carbocycles. The van der Waals surface area contributed by atoms with E-state index in [-0.39, 0.29) is 0 Å². The quantitative estimate of drug-likeness (QED) is 0.378. The Labute approximate surface area is 115 Å². The van der Waals surface area contributed by atoms with Crippen LogP contribution in [0.2, 0.25) is 0 Å². The molecule has 0 amide bonds. The van der Waals surface area contributed by atoms with E-state index in [2.05, 4.69) is 42.3 Å². The molecule has 1 nitrogen and oxygen atoms in total. The van der Waals surface area contributed by atoms with Crippen LogP contribution in [0.1, 0.15) is 19.3 Å². The van der Waals surface area contributed by atoms with E-state index in [1.54, 1.807) is 0 Å². The second-order valence-corrected chi connectivity index (χ2v) is 5.76. The van der Waals surface area contributed by atoms with E-state index in [0.717, 1.165) is 24.6 Å². The highest BCUT2D eigenvalue weighted by atomic mass is 35.5. The van der Waals surface area contributed by atoms with Crippen molar-refractivity contribution in [2.45, 2.75) is 24.2 Å². The highest BCUT2D eigenvalue weighted by Gasteiger charge is 1.99. The molecule has 0 N–H and O–H groups in total. The van der Waals surface area contributed by atoms with Crippen LogP contribution in [0.15, 0.2) is 35.2 Å². The molecule has 0 aliphatic rings. The number of rotatable bonds is 9. The molecular weight excluding hydrogens is 250 g/mol. The van der Waals surface area contributed by atoms with Crippen LogP contribution < -0.4 is 0 Å². The summed E-state index contributed by atoms with van der Waals surface area (Å²) in [6, 6.07) is 10.6. The third-order valence-electron chi connectivity index (χ3n) is 2.66. The average molecular weight is 272 g/mol. The van der Waals surface area contributed by atoms with Gasteiger partial charge < -0.3 is 4.90 Å². The minimum absolute atomic E-state index is 0.799. The van der Waals surface area contributed by atoms with Gasteiger partial charge in [-0.2, -0.15) is 0 Å². The Morgan fingerprint density at radius 2 is 1.82 bits per heavy atom. The van der Waals surface area contributed by atoms with Crippen molar-refractivity contribution in [3.8, 4) is 0 Å². The summed E-state index contributed by atoms with van der Waals surface area (Å²) < 4.78 is 0. The molecule has 0 heterocycles. The van der Waals surface area contributed by atoms with Crippen molar-refractivity contribution in [2.75, 3.05) is 31.8 Å². The molecule has 0 unspecified atom stereocenters. The Kier molecular flexibility index (Phi) is 8.59. The third kappa shape index (κ3) is 7.69. The van der Waals surface area contributed by atoms with Crippen LogP contribution >= 0.6 is 23.4 Å². The van der Waals surface area contributed by atoms with Gasteiger partial charge in [0.05, 0.1) is 0 Å². The Hall–Kier alpha value is -0.180. The molecule has 0 saturated carbocycles. The standard InChI is InChI=1S/C14H22ClNS/c1-16(11-7-3-6-10-15)12-13-17-14-8-4-2-5-9-14/h2,4-5,8-9H,3,6-7,10-13H2,1H3. The molecule has 0 saturated heterocycles. The summed E-state index contributed by atoms with van der Waals surface area (Å²) in [5.74, 6) is 1.96. The van der Waals surface area contributed by atoms with Crippen LogP contribution in [0.4, 0.5) is 0 Å². The first kappa shape index (κ1) is 14.9. The lowest BCUT2D eigenvalue weighted by atomic mass is 10.2. The first-order chi connectivity index (χ1) is 8.33. The molecule has 96 valence electrons. The monoisotopic (exact) mass is 271 g/mol. The van der Waals surface area contributed by atoms with Crippen molar-refractivity contribution in [1.29, 1.82) is 0 Å². The smallest absolute Gasteiger partial charge is 0.0223 e. The van der Waals surface area contributed by atoms with Crippen LogP contribution in [-0.4, -0.2) is 36.7 Å². The lowest BCUT2D eigenvalue weighted by Crippen LogP contribution is -2.22. The molecular formula is C14H22ClNS. The molecule has 0 atom stereocenters. The highest BCUT2D eigenvalue weighted by molar-refractivity contribution is 7.99. The van der Waals surface area contributed by atoms with Crippen molar-refractivity contribution in [1.82, 2.24) is 4.90 Å². The minimum Gasteiger partial charge on any atom is -0.306 e. The zero-order valence-electron chi connectivity index (χ0n) is 10.6. The van der Waals surface area contributed by atoms with Crippen LogP contribution in [0, 0.1) is 0 Å². The first-order valence-electron chi connectivity index (χ1n) is 6.25. The maximum absolute atomic E-state index is 5.65. The fourth-order valence-corrected chi connectivity index (χ4v) is 2.78. The second-order valence-electron chi connectivity index (χ2n) is 4.21. The maximum atomic E-state index is 5.65. The predicted octanol–water partition coefficient (Wildman–Crippen LogP) is 4.12. The number of nitrogens with zero attached hydrogens (tertiary/aromatic N) is 1. The number of benzene rings is 1. The van der Waals surface area contributed by atoms with Crippen molar-refractivity contribution >= 4 is 23.4 Å². The van der Waals surface area contributed by atoms with Gasteiger partial charge in [-0.05, 0) is 38.6 Å². The van der Waals surface area contributed by atoms with Crippen molar-refractivity contribution < 1.29 is 0 Å². The van der Waals surface area contributed by atoms with Gasteiger partial charge in [-0.1, -0.05) is 24.6 Å². The van der Waals surface area contributed by atoms with E-state index >= 15 is 0 Å². The number of hydrogen-bond acceptors (Lipinski definition) is 2. The van der Waals surface area contributed by atoms with Crippen molar-refractivity contribution in [2.24, 2.45) is 0 Å². The topological polar surface area (TPSA) is 3.24 Å². The summed E-state index contributed by atoms with van der Waals surface area (Å²) in [7, 11) is 2.20. The van der Waals surface area contributed by atoms with Crippen molar-refractivity contribution in [3.63, 3.8) is 0 Å². The molecule has 0 bridgehead atoms. The molecule has 17 heavy (non-hydrogen) atoms. The summed E-state index contributed by atoms with van der Waals surface area (Å²) in [6.45, 7) is 2.34. The molecule has 0 fully saturated rings. The van der Waals surface area contributed by atoms with Gasteiger partial charge in [0.1, 0.15) is 0 Å². The number of thioether (sulfide) groups is 1. The Bertz CT molecular complexity index is 279. The first-order valence-corrected chi connectivity index (χ1v) is 7.77. The second kappa shape index (κ2) is 9.81. The molecule has 0 aromatic heterocycles. The molecule has 0 aliphatic heterocycles. The SMILES string of the molecule is CN(CCCCCCl)CCSc1ccccc1. The fourth-order valence-electron chi connectivity index (χ4n) is 1.60. The van der Waals surface area contributed by atoms with E-state index < -0.39 is 0 Å². The van der Waals surface area contributed by atoms with Crippen LogP contribution in [0.25, 0.3) is 0 Å². The molecule has 0 spiro atoms. The largest absolute Gasteiger partial charge is 0.306 e. The van der Waals surface area contributed by atoms with Gasteiger partial charge in [-0.3, -0.25) is 0 Å². The van der Waals surface area contributed by atoms with Crippen LogP contribution in [-0.2, 0) is 0 Å². The summed E-state index contributed by atoms with van der Waals surface area (Å²) in [4.78, 5) is 3.77. The van der Waals surface area contributed by atoms with E-state index in [4.69, 9.17) is 11.6 Å². The van der Waals surface area contributed by atoms with E-state index in [9.17, 15) is 0 Å². The van der Waals surface area contributed by atoms with Gasteiger partial charge in [0.2, 0.25) is 0 Å². The normalized spacial score (nSPS) is 11.0. The number of alkyl halides is 1. The zero-order chi connectivity index (χ0) is 12.3. The highest BCUT2D eigenvalue weighted by Crippen LogP contribution is 2.16. The summed E-state index contributed by atoms with van der Waals surface area (Å²) >= 11 is 7.58. The van der Waals surface area contributed by atoms with Gasteiger partial charge >= 0.3 is 0 Å². The zero-order valence-corrected chi connectivity index (χ0v) is 12.1. The summed E-state index contributed by atoms with van der Waals surface area (Å²) in [5, 5.41) is 0. The number of unbranched alkanes of at least 4 members (excludes halogenated alkanes) is 2. The third-order valence-corrected chi connectivity index (χ3v) is 3.92. The van der Waals surface area contributed by atoms with Gasteiger partial charge in [0.15, 0.2) is 0 Å². The summed E-state index contributed by atoms with van der Waals surface area (Å²) in [6.07, 6.45) is 3.66. The van der Waals surface area contributed by atoms with Gasteiger partial charge in [-0.15, -0.1) is 23.4 Å². The van der Waals surface area contributed by atoms with E-state index in [1.165, 1.54) is 24.3 Å². The Balaban J connectivity index is 2.02. The average Bonchev–Trinajstić information content (AvgIpc) is 2.36. The van der Waals surface area contributed by atoms with Gasteiger partial charge in [0, 0.05) is 23.1 Å². The van der Waals surface area contributed by atoms with E-state index in [1.807, 2.05) is 11.8 Å². The fraction of sp³-hybridized carbons (Fsp3) is 0.571. The summed E-state index contributed by atoms with van der Waals surface area (Å²) in [5.41, 5.74) is 0. The maximum Gasteiger partial charge on any atom is 0.0223 e. The molecule has 1 aromatic rings. The van der Waals surface area contributed by atoms with Crippen LogP contribution in [0.3, 0.4) is 0 Å². The number of hydrogen-bond donors (Lipinski definition) is 0. The van der Waals surface area contributed by atoms with Gasteiger partial charge in [-0.25, -0.2) is 0 Å². The number of halogens is 1. The van der Waals surface area contributed by atoms with Crippen LogP contribution in [0.5, 0.6) is 0 Å². The van der Waals surface area contributed by atoms with E-state index in [0.29, 0.717) is 0 Å². The molecule has 3 heteroatoms. The molecule has 0 radical (unpaired) electrons. The lowest BCUT2D eigenvalue weighted by molar-refractivity contribution is 0.345. The molecule has 0 aliphatic carbocycles. The lowest BCUT2D eigenvalue weighted by Gasteiger charge is -2.15. The Morgan fingerprint density at radius 1 is 1.06 bits per heavy atom. The Morgan fingerprint density at radius 3 is 2.53 bits per heavy atom. The molecule has 1 rings (SSSR count). The minimum atomic E-state index is 0.799. The predicted molar refractivity (Wildman–Crippen MR) is 79.2 cm³/mol.